The van der Waals surface area contributed by atoms with Crippen molar-refractivity contribution in [3.05, 3.63) is 48.5 Å². The van der Waals surface area contributed by atoms with Gasteiger partial charge in [0, 0.05) is 12.4 Å². The van der Waals surface area contributed by atoms with Crippen LogP contribution in [0.4, 0.5) is 0 Å². The number of ketones is 1. The summed E-state index contributed by atoms with van der Waals surface area (Å²) in [5, 5.41) is 0. The lowest BCUT2D eigenvalue weighted by atomic mass is 10.1. The van der Waals surface area contributed by atoms with Crippen molar-refractivity contribution >= 4 is 18.2 Å². The number of methoxy groups -OCH3 is 1. The van der Waals surface area contributed by atoms with E-state index >= 15 is 0 Å². The molecule has 5 heteroatoms. The van der Waals surface area contributed by atoms with Crippen LogP contribution in [0.2, 0.25) is 0 Å². The van der Waals surface area contributed by atoms with Crippen molar-refractivity contribution in [2.24, 2.45) is 0 Å². The maximum absolute atomic E-state index is 12.0. The summed E-state index contributed by atoms with van der Waals surface area (Å²) in [4.78, 5) is 15.9. The first kappa shape index (κ1) is 13.3. The van der Waals surface area contributed by atoms with E-state index in [1.165, 1.54) is 0 Å². The quantitative estimate of drug-likeness (QED) is 0.784. The molecule has 0 unspecified atom stereocenters. The van der Waals surface area contributed by atoms with Gasteiger partial charge in [0.25, 0.3) is 0 Å². The van der Waals surface area contributed by atoms with E-state index in [1.54, 1.807) is 42.5 Å². The highest BCUT2D eigenvalue weighted by molar-refractivity contribution is 5.98. The second-order valence-corrected chi connectivity index (χ2v) is 3.36. The molecule has 1 heterocycles. The maximum Gasteiger partial charge on any atom is 0.186 e. The van der Waals surface area contributed by atoms with Crippen molar-refractivity contribution in [2.45, 2.75) is 6.54 Å². The van der Waals surface area contributed by atoms with Crippen LogP contribution in [0.3, 0.4) is 0 Å². The molecule has 0 fully saturated rings. The molecule has 4 nitrogen and oxygen atoms in total. The standard InChI is InChI=1S/C12H12N2O2.ClH/c1-16-12-5-3-2-4-10(12)11(15)8-14-7-6-13-9-14;/h2-7,9H,8H2,1H3;1H. The van der Waals surface area contributed by atoms with Crippen LogP contribution in [0.5, 0.6) is 5.75 Å². The molecule has 0 atom stereocenters. The predicted octanol–water partition coefficient (Wildman–Crippen LogP) is 2.20. The molecule has 1 aromatic heterocycles. The first-order chi connectivity index (χ1) is 7.81. The Morgan fingerprint density at radius 1 is 1.41 bits per heavy atom. The molecule has 17 heavy (non-hydrogen) atoms. The van der Waals surface area contributed by atoms with E-state index in [0.29, 0.717) is 11.3 Å². The van der Waals surface area contributed by atoms with Crippen LogP contribution in [0.25, 0.3) is 0 Å². The lowest BCUT2D eigenvalue weighted by molar-refractivity contribution is 0.0969. The molecule has 0 saturated heterocycles. The first-order valence-electron chi connectivity index (χ1n) is 4.93. The van der Waals surface area contributed by atoms with Gasteiger partial charge in [-0.1, -0.05) is 12.1 Å². The molecule has 0 spiro atoms. The summed E-state index contributed by atoms with van der Waals surface area (Å²) in [5.41, 5.74) is 0.596. The topological polar surface area (TPSA) is 44.1 Å². The van der Waals surface area contributed by atoms with Gasteiger partial charge in [0.2, 0.25) is 0 Å². The fourth-order valence-electron chi connectivity index (χ4n) is 1.51. The monoisotopic (exact) mass is 252 g/mol. The van der Waals surface area contributed by atoms with Gasteiger partial charge in [0.05, 0.1) is 25.5 Å². The summed E-state index contributed by atoms with van der Waals surface area (Å²) in [5.74, 6) is 0.614. The van der Waals surface area contributed by atoms with Crippen molar-refractivity contribution in [1.82, 2.24) is 9.55 Å². The average Bonchev–Trinajstić information content (AvgIpc) is 2.81. The summed E-state index contributed by atoms with van der Waals surface area (Å²) in [6.07, 6.45) is 5.02. The zero-order valence-electron chi connectivity index (χ0n) is 9.37. The number of imidazole rings is 1. The van der Waals surface area contributed by atoms with E-state index in [2.05, 4.69) is 4.98 Å². The Hall–Kier alpha value is -1.81. The number of benzene rings is 1. The summed E-state index contributed by atoms with van der Waals surface area (Å²) < 4.78 is 6.87. The fourth-order valence-corrected chi connectivity index (χ4v) is 1.51. The number of hydrogen-bond donors (Lipinski definition) is 0. The Bertz CT molecular complexity index is 483. The number of carbonyl (C=O) groups excluding carboxylic acids is 1. The Balaban J connectivity index is 0.00000144. The molecule has 90 valence electrons. The molecule has 0 aliphatic carbocycles. The Morgan fingerprint density at radius 3 is 2.82 bits per heavy atom. The molecule has 0 amide bonds. The lowest BCUT2D eigenvalue weighted by Gasteiger charge is -2.07. The molecule has 0 aliphatic heterocycles. The normalized spacial score (nSPS) is 9.47. The number of nitrogens with zero attached hydrogens (tertiary/aromatic N) is 2. The molecule has 0 aliphatic rings. The molecule has 2 rings (SSSR count). The van der Waals surface area contributed by atoms with Crippen LogP contribution >= 0.6 is 12.4 Å². The van der Waals surface area contributed by atoms with Crippen LogP contribution in [0.15, 0.2) is 43.0 Å². The van der Waals surface area contributed by atoms with Crippen LogP contribution < -0.4 is 4.74 Å². The number of Topliss-reactive ketones (excluding diaryl/α,β-unsaturated/α-hetero) is 1. The highest BCUT2D eigenvalue weighted by atomic mass is 35.5. The van der Waals surface area contributed by atoms with Crippen molar-refractivity contribution in [1.29, 1.82) is 0 Å². The first-order valence-corrected chi connectivity index (χ1v) is 4.93. The number of aromatic nitrogens is 2. The SMILES string of the molecule is COc1ccccc1C(=O)Cn1ccnc1.Cl. The number of hydrogen-bond acceptors (Lipinski definition) is 3. The van der Waals surface area contributed by atoms with Gasteiger partial charge in [-0.15, -0.1) is 12.4 Å². The van der Waals surface area contributed by atoms with Crippen LogP contribution in [-0.2, 0) is 6.54 Å². The molecule has 0 bridgehead atoms. The zero-order valence-corrected chi connectivity index (χ0v) is 10.2. The molecular weight excluding hydrogens is 240 g/mol. The molecule has 0 saturated carbocycles. The van der Waals surface area contributed by atoms with Crippen molar-refractivity contribution in [3.8, 4) is 5.75 Å². The molecule has 2 aromatic rings. The smallest absolute Gasteiger partial charge is 0.186 e. The van der Waals surface area contributed by atoms with Gasteiger partial charge in [0.1, 0.15) is 5.75 Å². The highest BCUT2D eigenvalue weighted by Crippen LogP contribution is 2.18. The van der Waals surface area contributed by atoms with Crippen LogP contribution in [0.1, 0.15) is 10.4 Å². The van der Waals surface area contributed by atoms with E-state index in [4.69, 9.17) is 4.74 Å². The number of para-hydroxylation sites is 1. The molecule has 1 aromatic carbocycles. The number of halogens is 1. The van der Waals surface area contributed by atoms with Crippen LogP contribution in [0, 0.1) is 0 Å². The number of ether oxygens (including phenoxy) is 1. The Morgan fingerprint density at radius 2 is 2.18 bits per heavy atom. The predicted molar refractivity (Wildman–Crippen MR) is 66.8 cm³/mol. The van der Waals surface area contributed by atoms with Gasteiger partial charge < -0.3 is 9.30 Å². The fraction of sp³-hybridized carbons (Fsp3) is 0.167. The molecule has 0 N–H and O–H groups in total. The Kier molecular flexibility index (Phi) is 4.72. The van der Waals surface area contributed by atoms with Gasteiger partial charge in [-0.3, -0.25) is 4.79 Å². The van der Waals surface area contributed by atoms with Gasteiger partial charge in [0.15, 0.2) is 5.78 Å². The van der Waals surface area contributed by atoms with E-state index in [9.17, 15) is 4.79 Å². The molecular formula is C12H13ClN2O2. The van der Waals surface area contributed by atoms with Gasteiger partial charge in [-0.2, -0.15) is 0 Å². The zero-order chi connectivity index (χ0) is 11.4. The summed E-state index contributed by atoms with van der Waals surface area (Å²) in [7, 11) is 1.56. The second-order valence-electron chi connectivity index (χ2n) is 3.36. The third kappa shape index (κ3) is 3.07. The Labute approximate surface area is 106 Å². The summed E-state index contributed by atoms with van der Waals surface area (Å²) >= 11 is 0. The third-order valence-corrected chi connectivity index (χ3v) is 2.29. The number of carbonyl (C=O) groups is 1. The highest BCUT2D eigenvalue weighted by Gasteiger charge is 2.11. The minimum Gasteiger partial charge on any atom is -0.496 e. The third-order valence-electron chi connectivity index (χ3n) is 2.29. The summed E-state index contributed by atoms with van der Waals surface area (Å²) in [6.45, 7) is 0.278. The average molecular weight is 253 g/mol. The molecule has 0 radical (unpaired) electrons. The minimum atomic E-state index is 0. The number of rotatable bonds is 4. The lowest BCUT2D eigenvalue weighted by Crippen LogP contribution is -2.10. The second kappa shape index (κ2) is 6.06. The van der Waals surface area contributed by atoms with Crippen molar-refractivity contribution in [3.63, 3.8) is 0 Å². The van der Waals surface area contributed by atoms with Crippen LogP contribution in [-0.4, -0.2) is 22.4 Å². The van der Waals surface area contributed by atoms with E-state index in [1.807, 2.05) is 12.1 Å². The maximum atomic E-state index is 12.0. The summed E-state index contributed by atoms with van der Waals surface area (Å²) in [6, 6.07) is 7.20. The minimum absolute atomic E-state index is 0. The largest absolute Gasteiger partial charge is 0.496 e. The van der Waals surface area contributed by atoms with Gasteiger partial charge >= 0.3 is 0 Å². The van der Waals surface area contributed by atoms with Gasteiger partial charge in [-0.25, -0.2) is 4.98 Å². The van der Waals surface area contributed by atoms with Gasteiger partial charge in [-0.05, 0) is 12.1 Å². The van der Waals surface area contributed by atoms with Crippen molar-refractivity contribution in [2.75, 3.05) is 7.11 Å². The van der Waals surface area contributed by atoms with Crippen molar-refractivity contribution < 1.29 is 9.53 Å². The van der Waals surface area contributed by atoms with E-state index in [0.717, 1.165) is 0 Å². The van der Waals surface area contributed by atoms with E-state index in [-0.39, 0.29) is 24.7 Å². The van der Waals surface area contributed by atoms with E-state index < -0.39 is 0 Å².